The number of nitrogen functional groups attached to an aromatic ring is 1. The van der Waals surface area contributed by atoms with Crippen LogP contribution in [-0.4, -0.2) is 55.3 Å². The minimum absolute atomic E-state index is 0.0227. The first-order chi connectivity index (χ1) is 9.84. The number of hydrogen-bond acceptors (Lipinski definition) is 7. The maximum atomic E-state index is 12.4. The van der Waals surface area contributed by atoms with E-state index in [4.69, 9.17) is 5.73 Å². The number of carbonyl (C=O) groups excluding carboxylic acids is 1. The van der Waals surface area contributed by atoms with E-state index in [0.29, 0.717) is 16.4 Å². The molecule has 1 saturated heterocycles. The van der Waals surface area contributed by atoms with Gasteiger partial charge in [-0.1, -0.05) is 18.3 Å². The second-order valence-electron chi connectivity index (χ2n) is 5.13. The van der Waals surface area contributed by atoms with E-state index in [-0.39, 0.29) is 29.3 Å². The van der Waals surface area contributed by atoms with Crippen LogP contribution in [-0.2, 0) is 9.84 Å². The number of nitrogens with zero attached hydrogens (tertiary/aromatic N) is 2. The standard InChI is InChI=1S/C12H20N4O3S2/c1-3-5-14-12-15-10(13)9(20-12)11(17)16(2)8-4-6-21(18,19)7-8/h8H,3-7,13H2,1-2H3,(H,14,15). The summed E-state index contributed by atoms with van der Waals surface area (Å²) in [5.41, 5.74) is 5.80. The Hall–Kier alpha value is -1.35. The quantitative estimate of drug-likeness (QED) is 0.826. The molecule has 0 aliphatic carbocycles. The predicted octanol–water partition coefficient (Wildman–Crippen LogP) is 0.806. The minimum atomic E-state index is -3.02. The van der Waals surface area contributed by atoms with Crippen molar-refractivity contribution in [2.24, 2.45) is 0 Å². The van der Waals surface area contributed by atoms with Crippen LogP contribution < -0.4 is 11.1 Å². The van der Waals surface area contributed by atoms with Crippen LogP contribution >= 0.6 is 11.3 Å². The van der Waals surface area contributed by atoms with Crippen molar-refractivity contribution < 1.29 is 13.2 Å². The fraction of sp³-hybridized carbons (Fsp3) is 0.667. The lowest BCUT2D eigenvalue weighted by Gasteiger charge is -2.22. The molecule has 0 aromatic carbocycles. The van der Waals surface area contributed by atoms with Crippen molar-refractivity contribution >= 4 is 38.0 Å². The third-order valence-corrected chi connectivity index (χ3v) is 6.22. The molecule has 1 fully saturated rings. The summed E-state index contributed by atoms with van der Waals surface area (Å²) >= 11 is 1.21. The van der Waals surface area contributed by atoms with Crippen molar-refractivity contribution in [2.75, 3.05) is 36.1 Å². The van der Waals surface area contributed by atoms with Gasteiger partial charge < -0.3 is 16.0 Å². The number of sulfone groups is 1. The molecule has 1 aliphatic heterocycles. The number of thiazole rings is 1. The second kappa shape index (κ2) is 6.18. The van der Waals surface area contributed by atoms with Gasteiger partial charge in [-0.3, -0.25) is 4.79 Å². The third kappa shape index (κ3) is 3.65. The molecule has 1 aromatic rings. The van der Waals surface area contributed by atoms with Crippen LogP contribution in [0, 0.1) is 0 Å². The van der Waals surface area contributed by atoms with Gasteiger partial charge >= 0.3 is 0 Å². The number of nitrogens with two attached hydrogens (primary N) is 1. The zero-order valence-corrected chi connectivity index (χ0v) is 13.8. The first-order valence-corrected chi connectivity index (χ1v) is 9.45. The van der Waals surface area contributed by atoms with E-state index in [1.54, 1.807) is 7.05 Å². The van der Waals surface area contributed by atoms with Crippen LogP contribution in [0.3, 0.4) is 0 Å². The van der Waals surface area contributed by atoms with E-state index in [9.17, 15) is 13.2 Å². The molecule has 2 rings (SSSR count). The molecule has 2 heterocycles. The molecule has 0 saturated carbocycles. The fourth-order valence-corrected chi connectivity index (χ4v) is 4.87. The number of hydrogen-bond donors (Lipinski definition) is 2. The summed E-state index contributed by atoms with van der Waals surface area (Å²) in [6, 6.07) is -0.281. The number of rotatable bonds is 5. The predicted molar refractivity (Wildman–Crippen MR) is 84.5 cm³/mol. The molecule has 7 nitrogen and oxygen atoms in total. The Bertz CT molecular complexity index is 626. The normalized spacial score (nSPS) is 20.4. The molecule has 3 N–H and O–H groups in total. The lowest BCUT2D eigenvalue weighted by Crippen LogP contribution is -2.37. The van der Waals surface area contributed by atoms with Gasteiger partial charge in [-0.05, 0) is 12.8 Å². The zero-order valence-electron chi connectivity index (χ0n) is 12.1. The summed E-state index contributed by atoms with van der Waals surface area (Å²) in [5, 5.41) is 3.71. The summed E-state index contributed by atoms with van der Waals surface area (Å²) in [5.74, 6) is 0.0824. The number of amides is 1. The lowest BCUT2D eigenvalue weighted by molar-refractivity contribution is 0.0753. The van der Waals surface area contributed by atoms with Crippen LogP contribution in [0.5, 0.6) is 0 Å². The Balaban J connectivity index is 2.10. The first-order valence-electron chi connectivity index (χ1n) is 6.82. The smallest absolute Gasteiger partial charge is 0.267 e. The lowest BCUT2D eigenvalue weighted by atomic mass is 10.2. The molecule has 1 amide bonds. The van der Waals surface area contributed by atoms with Gasteiger partial charge in [0, 0.05) is 19.6 Å². The molecule has 1 atom stereocenters. The van der Waals surface area contributed by atoms with E-state index in [1.165, 1.54) is 16.2 Å². The van der Waals surface area contributed by atoms with E-state index in [0.717, 1.165) is 13.0 Å². The summed E-state index contributed by atoms with van der Waals surface area (Å²) in [6.07, 6.45) is 1.42. The van der Waals surface area contributed by atoms with Gasteiger partial charge in [0.15, 0.2) is 15.0 Å². The Labute approximate surface area is 128 Å². The van der Waals surface area contributed by atoms with Crippen molar-refractivity contribution in [3.63, 3.8) is 0 Å². The number of anilines is 2. The summed E-state index contributed by atoms with van der Waals surface area (Å²) in [7, 11) is -1.41. The van der Waals surface area contributed by atoms with Gasteiger partial charge in [-0.25, -0.2) is 13.4 Å². The highest BCUT2D eigenvalue weighted by atomic mass is 32.2. The molecule has 0 bridgehead atoms. The van der Waals surface area contributed by atoms with Gasteiger partial charge in [0.05, 0.1) is 11.5 Å². The maximum Gasteiger partial charge on any atom is 0.267 e. The molecule has 0 spiro atoms. The highest BCUT2D eigenvalue weighted by Gasteiger charge is 2.34. The molecule has 1 unspecified atom stereocenters. The van der Waals surface area contributed by atoms with E-state index >= 15 is 0 Å². The highest BCUT2D eigenvalue weighted by Crippen LogP contribution is 2.28. The number of nitrogens with one attached hydrogen (secondary N) is 1. The van der Waals surface area contributed by atoms with Gasteiger partial charge in [-0.15, -0.1) is 0 Å². The van der Waals surface area contributed by atoms with Crippen molar-refractivity contribution in [1.29, 1.82) is 0 Å². The SMILES string of the molecule is CCCNc1nc(N)c(C(=O)N(C)C2CCS(=O)(=O)C2)s1. The molecule has 1 aliphatic rings. The summed E-state index contributed by atoms with van der Waals surface area (Å²) in [6.45, 7) is 2.79. The molecule has 9 heteroatoms. The first kappa shape index (κ1) is 16.0. The third-order valence-electron chi connectivity index (χ3n) is 3.45. The van der Waals surface area contributed by atoms with Gasteiger partial charge in [-0.2, -0.15) is 0 Å². The van der Waals surface area contributed by atoms with Gasteiger partial charge in [0.2, 0.25) is 0 Å². The fourth-order valence-electron chi connectivity index (χ4n) is 2.20. The van der Waals surface area contributed by atoms with Crippen molar-refractivity contribution in [3.05, 3.63) is 4.88 Å². The average molecular weight is 332 g/mol. The van der Waals surface area contributed by atoms with E-state index in [2.05, 4.69) is 10.3 Å². The Morgan fingerprint density at radius 2 is 2.29 bits per heavy atom. The molecule has 0 radical (unpaired) electrons. The average Bonchev–Trinajstić information content (AvgIpc) is 2.97. The number of aromatic nitrogens is 1. The van der Waals surface area contributed by atoms with Gasteiger partial charge in [0.1, 0.15) is 10.7 Å². The van der Waals surface area contributed by atoms with E-state index in [1.807, 2.05) is 6.92 Å². The van der Waals surface area contributed by atoms with Crippen molar-refractivity contribution in [1.82, 2.24) is 9.88 Å². The van der Waals surface area contributed by atoms with Crippen LogP contribution in [0.1, 0.15) is 29.4 Å². The van der Waals surface area contributed by atoms with E-state index < -0.39 is 9.84 Å². The van der Waals surface area contributed by atoms with Crippen LogP contribution in [0.4, 0.5) is 10.9 Å². The second-order valence-corrected chi connectivity index (χ2v) is 8.36. The molecule has 1 aromatic heterocycles. The maximum absolute atomic E-state index is 12.4. The topological polar surface area (TPSA) is 105 Å². The monoisotopic (exact) mass is 332 g/mol. The molecular weight excluding hydrogens is 312 g/mol. The van der Waals surface area contributed by atoms with Crippen molar-refractivity contribution in [2.45, 2.75) is 25.8 Å². The molecular formula is C12H20N4O3S2. The minimum Gasteiger partial charge on any atom is -0.382 e. The van der Waals surface area contributed by atoms with Gasteiger partial charge in [0.25, 0.3) is 5.91 Å². The number of carbonyl (C=O) groups is 1. The molecule has 118 valence electrons. The van der Waals surface area contributed by atoms with Crippen LogP contribution in [0.15, 0.2) is 0 Å². The van der Waals surface area contributed by atoms with Crippen molar-refractivity contribution in [3.8, 4) is 0 Å². The Morgan fingerprint density at radius 1 is 1.57 bits per heavy atom. The highest BCUT2D eigenvalue weighted by molar-refractivity contribution is 7.91. The van der Waals surface area contributed by atoms with Crippen LogP contribution in [0.25, 0.3) is 0 Å². The summed E-state index contributed by atoms with van der Waals surface area (Å²) in [4.78, 5) is 18.4. The Morgan fingerprint density at radius 3 is 2.86 bits per heavy atom. The zero-order chi connectivity index (χ0) is 15.6. The van der Waals surface area contributed by atoms with Crippen LogP contribution in [0.2, 0.25) is 0 Å². The Kier molecular flexibility index (Phi) is 4.72. The largest absolute Gasteiger partial charge is 0.382 e. The molecule has 21 heavy (non-hydrogen) atoms. The summed E-state index contributed by atoms with van der Waals surface area (Å²) < 4.78 is 23.0.